The van der Waals surface area contributed by atoms with Crippen LogP contribution in [0.25, 0.3) is 22.6 Å². The summed E-state index contributed by atoms with van der Waals surface area (Å²) in [7, 11) is -1.62. The van der Waals surface area contributed by atoms with Gasteiger partial charge in [-0.05, 0) is 60.5 Å². The number of rotatable bonds is 5. The van der Waals surface area contributed by atoms with E-state index in [1.165, 1.54) is 0 Å². The van der Waals surface area contributed by atoms with Crippen LogP contribution in [0.3, 0.4) is 0 Å². The lowest BCUT2D eigenvalue weighted by atomic mass is 10.1. The number of hydrogen-bond acceptors (Lipinski definition) is 5. The van der Waals surface area contributed by atoms with Gasteiger partial charge in [0.15, 0.2) is 5.58 Å². The van der Waals surface area contributed by atoms with Crippen molar-refractivity contribution in [2.75, 3.05) is 0 Å². The van der Waals surface area contributed by atoms with Crippen molar-refractivity contribution in [1.82, 2.24) is 9.71 Å². The zero-order valence-electron chi connectivity index (χ0n) is 14.5. The molecule has 140 valence electrons. The van der Waals surface area contributed by atoms with Crippen molar-refractivity contribution < 1.29 is 13.4 Å². The predicted molar refractivity (Wildman–Crippen MR) is 110 cm³/mol. The summed E-state index contributed by atoms with van der Waals surface area (Å²) in [6, 6.07) is 21.5. The van der Waals surface area contributed by atoms with Crippen LogP contribution in [0.1, 0.15) is 10.4 Å². The second-order valence-electron chi connectivity index (χ2n) is 5.84. The standard InChI is InChI=1S/C20H15N3O3S2/c21-28(25)18-8-4-3-7-17(18)27-23-19(24)13-9-11-14(12-10-13)20-22-15-5-1-2-6-16(15)26-20/h1-12H,21H2,(H,23,24). The Balaban J connectivity index is 1.48. The number of nitrogens with two attached hydrogens (primary N) is 1. The fourth-order valence-corrected chi connectivity index (χ4v) is 4.11. The number of nitrogens with zero attached hydrogens (tertiary/aromatic N) is 1. The summed E-state index contributed by atoms with van der Waals surface area (Å²) >= 11 is 1.08. The zero-order chi connectivity index (χ0) is 19.5. The van der Waals surface area contributed by atoms with Crippen molar-refractivity contribution in [2.45, 2.75) is 9.79 Å². The van der Waals surface area contributed by atoms with Gasteiger partial charge in [0.2, 0.25) is 5.89 Å². The molecule has 0 radical (unpaired) electrons. The lowest BCUT2D eigenvalue weighted by Gasteiger charge is -2.07. The summed E-state index contributed by atoms with van der Waals surface area (Å²) in [6.45, 7) is 0. The van der Waals surface area contributed by atoms with Gasteiger partial charge in [-0.1, -0.05) is 24.3 Å². The maximum Gasteiger partial charge on any atom is 0.261 e. The largest absolute Gasteiger partial charge is 0.436 e. The van der Waals surface area contributed by atoms with Crippen LogP contribution < -0.4 is 9.86 Å². The van der Waals surface area contributed by atoms with E-state index in [4.69, 9.17) is 9.56 Å². The average molecular weight is 409 g/mol. The summed E-state index contributed by atoms with van der Waals surface area (Å²) in [5.41, 5.74) is 2.77. The molecule has 0 aliphatic heterocycles. The third-order valence-electron chi connectivity index (χ3n) is 4.01. The van der Waals surface area contributed by atoms with E-state index in [0.717, 1.165) is 23.0 Å². The highest BCUT2D eigenvalue weighted by molar-refractivity contribution is 7.98. The Labute approximate surface area is 167 Å². The van der Waals surface area contributed by atoms with Gasteiger partial charge in [0.05, 0.1) is 4.90 Å². The second kappa shape index (κ2) is 7.97. The maximum atomic E-state index is 12.4. The van der Waals surface area contributed by atoms with Crippen LogP contribution in [-0.4, -0.2) is 15.1 Å². The van der Waals surface area contributed by atoms with Crippen molar-refractivity contribution in [3.63, 3.8) is 0 Å². The van der Waals surface area contributed by atoms with Crippen LogP contribution in [0.15, 0.2) is 87.0 Å². The topological polar surface area (TPSA) is 98.2 Å². The van der Waals surface area contributed by atoms with Crippen molar-refractivity contribution in [3.05, 3.63) is 78.4 Å². The first-order valence-electron chi connectivity index (χ1n) is 8.30. The summed E-state index contributed by atoms with van der Waals surface area (Å²) in [4.78, 5) is 18.0. The molecule has 0 aliphatic carbocycles. The fourth-order valence-electron chi connectivity index (χ4n) is 2.62. The zero-order valence-corrected chi connectivity index (χ0v) is 16.1. The third-order valence-corrected chi connectivity index (χ3v) is 5.79. The molecular weight excluding hydrogens is 394 g/mol. The number of nitrogens with one attached hydrogen (secondary N) is 1. The molecule has 0 fully saturated rings. The summed E-state index contributed by atoms with van der Waals surface area (Å²) in [5, 5.41) is 5.46. The highest BCUT2D eigenvalue weighted by Gasteiger charge is 2.12. The number of para-hydroxylation sites is 2. The quantitative estimate of drug-likeness (QED) is 0.487. The molecule has 1 unspecified atom stereocenters. The van der Waals surface area contributed by atoms with Crippen molar-refractivity contribution in [3.8, 4) is 11.5 Å². The van der Waals surface area contributed by atoms with Crippen molar-refractivity contribution >= 4 is 39.9 Å². The summed E-state index contributed by atoms with van der Waals surface area (Å²) in [5.74, 6) is 0.230. The van der Waals surface area contributed by atoms with Crippen LogP contribution in [0.4, 0.5) is 0 Å². The van der Waals surface area contributed by atoms with Gasteiger partial charge < -0.3 is 4.42 Å². The van der Waals surface area contributed by atoms with Crippen LogP contribution >= 0.6 is 11.9 Å². The van der Waals surface area contributed by atoms with Crippen LogP contribution in [0.2, 0.25) is 0 Å². The smallest absolute Gasteiger partial charge is 0.261 e. The Morgan fingerprint density at radius 3 is 2.46 bits per heavy atom. The molecule has 0 bridgehead atoms. The van der Waals surface area contributed by atoms with Crippen molar-refractivity contribution in [1.29, 1.82) is 0 Å². The van der Waals surface area contributed by atoms with Gasteiger partial charge in [-0.3, -0.25) is 9.52 Å². The molecule has 3 N–H and O–H groups in total. The molecule has 4 aromatic rings. The summed E-state index contributed by atoms with van der Waals surface area (Å²) < 4.78 is 20.0. The molecule has 6 nitrogen and oxygen atoms in total. The fraction of sp³-hybridized carbons (Fsp3) is 0. The molecule has 0 saturated heterocycles. The molecule has 1 aromatic heterocycles. The molecule has 0 aliphatic rings. The van der Waals surface area contributed by atoms with Gasteiger partial charge in [-0.25, -0.2) is 14.3 Å². The Kier molecular flexibility index (Phi) is 5.25. The van der Waals surface area contributed by atoms with E-state index in [9.17, 15) is 9.00 Å². The number of hydrogen-bond donors (Lipinski definition) is 2. The van der Waals surface area contributed by atoms with E-state index in [1.54, 1.807) is 48.5 Å². The van der Waals surface area contributed by atoms with Gasteiger partial charge in [-0.15, -0.1) is 0 Å². The Hall–Kier alpha value is -2.94. The number of aromatic nitrogens is 1. The average Bonchev–Trinajstić information content (AvgIpc) is 3.16. The molecule has 3 aromatic carbocycles. The number of carbonyl (C=O) groups is 1. The normalized spacial score (nSPS) is 12.0. The van der Waals surface area contributed by atoms with Crippen LogP contribution in [0.5, 0.6) is 0 Å². The minimum atomic E-state index is -1.62. The molecule has 8 heteroatoms. The Bertz CT molecular complexity index is 1140. The summed E-state index contributed by atoms with van der Waals surface area (Å²) in [6.07, 6.45) is 0. The van der Waals surface area contributed by atoms with E-state index in [0.29, 0.717) is 26.8 Å². The maximum absolute atomic E-state index is 12.4. The number of oxazole rings is 1. The molecule has 28 heavy (non-hydrogen) atoms. The van der Waals surface area contributed by atoms with Crippen molar-refractivity contribution in [2.24, 2.45) is 5.14 Å². The monoisotopic (exact) mass is 409 g/mol. The Morgan fingerprint density at radius 1 is 1.00 bits per heavy atom. The first-order valence-corrected chi connectivity index (χ1v) is 10.3. The van der Waals surface area contributed by atoms with E-state index < -0.39 is 11.0 Å². The SMILES string of the molecule is NS(=O)c1ccccc1SNC(=O)c1ccc(-c2nc3ccccc3o2)cc1. The van der Waals surface area contributed by atoms with E-state index >= 15 is 0 Å². The molecule has 0 spiro atoms. The van der Waals surface area contributed by atoms with E-state index in [-0.39, 0.29) is 5.91 Å². The van der Waals surface area contributed by atoms with Gasteiger partial charge in [0.1, 0.15) is 16.5 Å². The molecule has 1 atom stereocenters. The van der Waals surface area contributed by atoms with Gasteiger partial charge in [0.25, 0.3) is 5.91 Å². The lowest BCUT2D eigenvalue weighted by Crippen LogP contribution is -2.16. The van der Waals surface area contributed by atoms with Gasteiger partial charge >= 0.3 is 0 Å². The molecule has 1 heterocycles. The predicted octanol–water partition coefficient (Wildman–Crippen LogP) is 3.91. The second-order valence-corrected chi connectivity index (χ2v) is 7.72. The van der Waals surface area contributed by atoms with Gasteiger partial charge in [0, 0.05) is 16.0 Å². The lowest BCUT2D eigenvalue weighted by molar-refractivity contribution is 0.0984. The minimum Gasteiger partial charge on any atom is -0.436 e. The number of amides is 1. The molecule has 4 rings (SSSR count). The van der Waals surface area contributed by atoms with Crippen LogP contribution in [-0.2, 0) is 11.0 Å². The minimum absolute atomic E-state index is 0.272. The number of benzene rings is 3. The molecule has 0 saturated carbocycles. The number of carbonyl (C=O) groups excluding carboxylic acids is 1. The van der Waals surface area contributed by atoms with E-state index in [1.807, 2.05) is 24.3 Å². The first kappa shape index (κ1) is 18.4. The number of fused-ring (bicyclic) bond motifs is 1. The molecule has 1 amide bonds. The Morgan fingerprint density at radius 2 is 1.71 bits per heavy atom. The molecular formula is C20H15N3O3S2. The third kappa shape index (κ3) is 3.84. The highest BCUT2D eigenvalue weighted by atomic mass is 32.2. The van der Waals surface area contributed by atoms with Crippen LogP contribution in [0, 0.1) is 0 Å². The highest BCUT2D eigenvalue weighted by Crippen LogP contribution is 2.25. The first-order chi connectivity index (χ1) is 13.6. The van der Waals surface area contributed by atoms with E-state index in [2.05, 4.69) is 9.71 Å². The van der Waals surface area contributed by atoms with Gasteiger partial charge in [-0.2, -0.15) is 0 Å².